The number of nitriles is 2. The van der Waals surface area contributed by atoms with E-state index in [0.29, 0.717) is 5.56 Å². The van der Waals surface area contributed by atoms with Crippen LogP contribution < -0.4 is 5.32 Å². The molecular weight excluding hydrogens is 212 g/mol. The highest BCUT2D eigenvalue weighted by atomic mass is 15.2. The van der Waals surface area contributed by atoms with Crippen molar-refractivity contribution in [1.82, 2.24) is 10.2 Å². The predicted molar refractivity (Wildman–Crippen MR) is 64.0 cm³/mol. The normalized spacial score (nSPS) is 18.0. The van der Waals surface area contributed by atoms with E-state index >= 15 is 0 Å². The van der Waals surface area contributed by atoms with Gasteiger partial charge < -0.3 is 5.32 Å². The van der Waals surface area contributed by atoms with Gasteiger partial charge in [-0.2, -0.15) is 10.5 Å². The van der Waals surface area contributed by atoms with Crippen LogP contribution in [0.4, 0.5) is 0 Å². The van der Waals surface area contributed by atoms with E-state index in [4.69, 9.17) is 5.26 Å². The van der Waals surface area contributed by atoms with Gasteiger partial charge in [-0.15, -0.1) is 0 Å². The van der Waals surface area contributed by atoms with Crippen LogP contribution in [0, 0.1) is 22.7 Å². The first-order valence-corrected chi connectivity index (χ1v) is 5.69. The minimum absolute atomic E-state index is 0.204. The van der Waals surface area contributed by atoms with E-state index in [1.165, 1.54) is 0 Å². The lowest BCUT2D eigenvalue weighted by Crippen LogP contribution is -2.44. The third-order valence-corrected chi connectivity index (χ3v) is 2.99. The first kappa shape index (κ1) is 11.6. The van der Waals surface area contributed by atoms with E-state index in [0.717, 1.165) is 31.7 Å². The van der Waals surface area contributed by atoms with Crippen molar-refractivity contribution in [2.24, 2.45) is 0 Å². The standard InChI is InChI=1S/C13H14N4/c14-9-11-1-3-12(4-2-11)13(10-15)17-7-5-16-6-8-17/h1-4,13,16H,5-8H2. The van der Waals surface area contributed by atoms with Gasteiger partial charge in [0, 0.05) is 26.2 Å². The Kier molecular flexibility index (Phi) is 3.72. The molecule has 1 heterocycles. The van der Waals surface area contributed by atoms with Crippen molar-refractivity contribution in [2.45, 2.75) is 6.04 Å². The average Bonchev–Trinajstić information content (AvgIpc) is 2.42. The van der Waals surface area contributed by atoms with Crippen molar-refractivity contribution < 1.29 is 0 Å². The molecule has 4 heteroatoms. The lowest BCUT2D eigenvalue weighted by molar-refractivity contribution is 0.207. The molecule has 0 bridgehead atoms. The first-order valence-electron chi connectivity index (χ1n) is 5.69. The SMILES string of the molecule is N#Cc1ccc(C(C#N)N2CCNCC2)cc1. The molecule has 1 N–H and O–H groups in total. The Morgan fingerprint density at radius 3 is 2.29 bits per heavy atom. The van der Waals surface area contributed by atoms with E-state index in [1.807, 2.05) is 12.1 Å². The van der Waals surface area contributed by atoms with Crippen LogP contribution in [-0.2, 0) is 0 Å². The summed E-state index contributed by atoms with van der Waals surface area (Å²) in [5, 5.41) is 21.3. The van der Waals surface area contributed by atoms with Crippen LogP contribution in [0.15, 0.2) is 24.3 Å². The van der Waals surface area contributed by atoms with Crippen LogP contribution in [0.5, 0.6) is 0 Å². The van der Waals surface area contributed by atoms with Crippen molar-refractivity contribution in [3.8, 4) is 12.1 Å². The highest BCUT2D eigenvalue weighted by Crippen LogP contribution is 2.20. The summed E-state index contributed by atoms with van der Waals surface area (Å²) in [5.74, 6) is 0. The quantitative estimate of drug-likeness (QED) is 0.818. The van der Waals surface area contributed by atoms with Crippen molar-refractivity contribution >= 4 is 0 Å². The summed E-state index contributed by atoms with van der Waals surface area (Å²) in [4.78, 5) is 2.16. The molecule has 1 fully saturated rings. The van der Waals surface area contributed by atoms with Gasteiger partial charge in [-0.3, -0.25) is 4.90 Å². The summed E-state index contributed by atoms with van der Waals surface area (Å²) in [7, 11) is 0. The van der Waals surface area contributed by atoms with Crippen molar-refractivity contribution in [3.05, 3.63) is 35.4 Å². The molecule has 1 saturated heterocycles. The lowest BCUT2D eigenvalue weighted by atomic mass is 10.0. The minimum Gasteiger partial charge on any atom is -0.314 e. The average molecular weight is 226 g/mol. The highest BCUT2D eigenvalue weighted by molar-refractivity contribution is 5.34. The summed E-state index contributed by atoms with van der Waals surface area (Å²) in [6, 6.07) is 11.5. The number of hydrogen-bond donors (Lipinski definition) is 1. The van der Waals surface area contributed by atoms with Crippen molar-refractivity contribution in [1.29, 1.82) is 10.5 Å². The van der Waals surface area contributed by atoms with Gasteiger partial charge in [0.2, 0.25) is 0 Å². The zero-order valence-corrected chi connectivity index (χ0v) is 9.56. The zero-order valence-electron chi connectivity index (χ0n) is 9.56. The molecular formula is C13H14N4. The molecule has 0 amide bonds. The van der Waals surface area contributed by atoms with Crippen LogP contribution in [0.2, 0.25) is 0 Å². The van der Waals surface area contributed by atoms with Gasteiger partial charge in [-0.05, 0) is 17.7 Å². The molecule has 86 valence electrons. The van der Waals surface area contributed by atoms with Gasteiger partial charge in [0.1, 0.15) is 6.04 Å². The molecule has 1 aromatic rings. The molecule has 4 nitrogen and oxygen atoms in total. The minimum atomic E-state index is -0.204. The van der Waals surface area contributed by atoms with E-state index in [1.54, 1.807) is 12.1 Å². The number of nitrogens with zero attached hydrogens (tertiary/aromatic N) is 3. The topological polar surface area (TPSA) is 62.9 Å². The number of nitrogens with one attached hydrogen (secondary N) is 1. The Labute approximate surface area is 101 Å². The Morgan fingerprint density at radius 1 is 1.12 bits per heavy atom. The largest absolute Gasteiger partial charge is 0.314 e. The van der Waals surface area contributed by atoms with Crippen LogP contribution >= 0.6 is 0 Å². The summed E-state index contributed by atoms with van der Waals surface area (Å²) in [6.45, 7) is 3.62. The third kappa shape index (κ3) is 2.62. The van der Waals surface area contributed by atoms with E-state index in [2.05, 4.69) is 22.4 Å². The molecule has 1 unspecified atom stereocenters. The maximum absolute atomic E-state index is 9.28. The fraction of sp³-hybridized carbons (Fsp3) is 0.385. The second kappa shape index (κ2) is 5.45. The Balaban J connectivity index is 2.17. The Morgan fingerprint density at radius 2 is 1.76 bits per heavy atom. The summed E-state index contributed by atoms with van der Waals surface area (Å²) >= 11 is 0. The van der Waals surface area contributed by atoms with Crippen LogP contribution in [-0.4, -0.2) is 31.1 Å². The number of piperazine rings is 1. The molecule has 1 aliphatic heterocycles. The highest BCUT2D eigenvalue weighted by Gasteiger charge is 2.21. The van der Waals surface area contributed by atoms with Gasteiger partial charge >= 0.3 is 0 Å². The second-order valence-corrected chi connectivity index (χ2v) is 4.05. The van der Waals surface area contributed by atoms with E-state index in [-0.39, 0.29) is 6.04 Å². The smallest absolute Gasteiger partial charge is 0.123 e. The molecule has 0 spiro atoms. The summed E-state index contributed by atoms with van der Waals surface area (Å²) in [5.41, 5.74) is 1.60. The van der Waals surface area contributed by atoms with E-state index < -0.39 is 0 Å². The monoisotopic (exact) mass is 226 g/mol. The molecule has 0 radical (unpaired) electrons. The van der Waals surface area contributed by atoms with Gasteiger partial charge in [0.05, 0.1) is 17.7 Å². The van der Waals surface area contributed by atoms with Crippen LogP contribution in [0.3, 0.4) is 0 Å². The van der Waals surface area contributed by atoms with E-state index in [9.17, 15) is 5.26 Å². The fourth-order valence-electron chi connectivity index (χ4n) is 2.05. The molecule has 2 rings (SSSR count). The predicted octanol–water partition coefficient (Wildman–Crippen LogP) is 1.03. The van der Waals surface area contributed by atoms with Crippen molar-refractivity contribution in [3.63, 3.8) is 0 Å². The third-order valence-electron chi connectivity index (χ3n) is 2.99. The first-order chi connectivity index (χ1) is 8.35. The number of rotatable bonds is 2. The molecule has 17 heavy (non-hydrogen) atoms. The maximum Gasteiger partial charge on any atom is 0.123 e. The summed E-state index contributed by atoms with van der Waals surface area (Å²) < 4.78 is 0. The van der Waals surface area contributed by atoms with Gasteiger partial charge in [-0.25, -0.2) is 0 Å². The number of benzene rings is 1. The molecule has 0 aliphatic carbocycles. The van der Waals surface area contributed by atoms with Gasteiger partial charge in [0.25, 0.3) is 0 Å². The van der Waals surface area contributed by atoms with Crippen LogP contribution in [0.1, 0.15) is 17.2 Å². The maximum atomic E-state index is 9.28. The van der Waals surface area contributed by atoms with Crippen molar-refractivity contribution in [2.75, 3.05) is 26.2 Å². The molecule has 1 aliphatic rings. The number of hydrogen-bond acceptors (Lipinski definition) is 4. The lowest BCUT2D eigenvalue weighted by Gasteiger charge is -2.31. The summed E-state index contributed by atoms with van der Waals surface area (Å²) in [6.07, 6.45) is 0. The second-order valence-electron chi connectivity index (χ2n) is 4.05. The Hall–Kier alpha value is -1.88. The molecule has 0 saturated carbocycles. The van der Waals surface area contributed by atoms with Gasteiger partial charge in [0.15, 0.2) is 0 Å². The van der Waals surface area contributed by atoms with Crippen LogP contribution in [0.25, 0.3) is 0 Å². The zero-order chi connectivity index (χ0) is 12.1. The molecule has 1 aromatic carbocycles. The molecule has 0 aromatic heterocycles. The fourth-order valence-corrected chi connectivity index (χ4v) is 2.05. The van der Waals surface area contributed by atoms with Gasteiger partial charge in [-0.1, -0.05) is 12.1 Å². The Bertz CT molecular complexity index is 446. The molecule has 1 atom stereocenters.